The van der Waals surface area contributed by atoms with Crippen molar-refractivity contribution in [3.8, 4) is 0 Å². The van der Waals surface area contributed by atoms with Crippen molar-refractivity contribution in [2.45, 2.75) is 11.8 Å². The summed E-state index contributed by atoms with van der Waals surface area (Å²) in [6.45, 7) is 1.37. The Labute approximate surface area is 118 Å². The van der Waals surface area contributed by atoms with Gasteiger partial charge in [-0.05, 0) is 30.0 Å². The van der Waals surface area contributed by atoms with Gasteiger partial charge in [-0.25, -0.2) is 8.42 Å². The highest BCUT2D eigenvalue weighted by atomic mass is 32.2. The van der Waals surface area contributed by atoms with Gasteiger partial charge < -0.3 is 0 Å². The fourth-order valence-corrected chi connectivity index (χ4v) is 3.56. The van der Waals surface area contributed by atoms with E-state index in [1.807, 2.05) is 0 Å². The number of anilines is 1. The highest BCUT2D eigenvalue weighted by Crippen LogP contribution is 2.27. The normalized spacial score (nSPS) is 11.3. The highest BCUT2D eigenvalue weighted by molar-refractivity contribution is 7.92. The van der Waals surface area contributed by atoms with Crippen molar-refractivity contribution in [2.24, 2.45) is 0 Å². The first-order valence-electron chi connectivity index (χ1n) is 5.31. The Balaban J connectivity index is 2.51. The van der Waals surface area contributed by atoms with Crippen molar-refractivity contribution in [1.82, 2.24) is 0 Å². The van der Waals surface area contributed by atoms with Crippen LogP contribution in [-0.2, 0) is 10.0 Å². The molecule has 0 amide bonds. The number of aryl methyl sites for hydroxylation is 1. The van der Waals surface area contributed by atoms with E-state index in [4.69, 9.17) is 0 Å². The molecule has 0 radical (unpaired) electrons. The zero-order valence-corrected chi connectivity index (χ0v) is 11.8. The summed E-state index contributed by atoms with van der Waals surface area (Å²) < 4.78 is 40.0. The molecule has 0 spiro atoms. The molecule has 0 saturated carbocycles. The molecule has 1 heterocycles. The third kappa shape index (κ3) is 2.78. The number of rotatable bonds is 4. The second-order valence-corrected chi connectivity index (χ2v) is 6.37. The molecule has 9 heteroatoms. The molecule has 6 nitrogen and oxygen atoms in total. The molecule has 106 valence electrons. The molecule has 1 aromatic heterocycles. The van der Waals surface area contributed by atoms with Crippen LogP contribution in [0, 0.1) is 22.9 Å². The number of nitro benzene ring substituents is 1. The van der Waals surface area contributed by atoms with Crippen molar-refractivity contribution >= 4 is 32.7 Å². The summed E-state index contributed by atoms with van der Waals surface area (Å²) in [4.78, 5) is 9.40. The number of hydrogen-bond donors (Lipinski definition) is 1. The topological polar surface area (TPSA) is 89.3 Å². The van der Waals surface area contributed by atoms with E-state index >= 15 is 0 Å². The first-order valence-corrected chi connectivity index (χ1v) is 7.73. The van der Waals surface area contributed by atoms with Crippen molar-refractivity contribution in [3.05, 3.63) is 50.5 Å². The highest BCUT2D eigenvalue weighted by Gasteiger charge is 2.24. The summed E-state index contributed by atoms with van der Waals surface area (Å²) >= 11 is 1.29. The molecule has 1 N–H and O–H groups in total. The van der Waals surface area contributed by atoms with Crippen LogP contribution in [0.5, 0.6) is 0 Å². The second-order valence-electron chi connectivity index (χ2n) is 3.94. The van der Waals surface area contributed by atoms with Gasteiger partial charge in [-0.15, -0.1) is 0 Å². The van der Waals surface area contributed by atoms with Crippen LogP contribution in [0.15, 0.2) is 33.9 Å². The molecule has 0 fully saturated rings. The number of thiophene rings is 1. The van der Waals surface area contributed by atoms with Gasteiger partial charge in [0.1, 0.15) is 0 Å². The van der Waals surface area contributed by atoms with E-state index in [0.29, 0.717) is 5.69 Å². The molecule has 2 aromatic rings. The van der Waals surface area contributed by atoms with Crippen molar-refractivity contribution < 1.29 is 17.7 Å². The fraction of sp³-hybridized carbons (Fsp3) is 0.0909. The van der Waals surface area contributed by atoms with Crippen LogP contribution in [0.4, 0.5) is 15.8 Å². The Bertz CT molecular complexity index is 757. The summed E-state index contributed by atoms with van der Waals surface area (Å²) in [5, 5.41) is 13.9. The SMILES string of the molecule is Cc1cc(F)c([N+](=O)[O-])cc1S(=O)(=O)Nc1ccsc1. The molecule has 20 heavy (non-hydrogen) atoms. The minimum absolute atomic E-state index is 0.0934. The lowest BCUT2D eigenvalue weighted by atomic mass is 10.2. The maximum absolute atomic E-state index is 13.4. The fourth-order valence-electron chi connectivity index (χ4n) is 1.60. The predicted octanol–water partition coefficient (Wildman–Crippen LogP) is 2.90. The van der Waals surface area contributed by atoms with Crippen LogP contribution in [0.1, 0.15) is 5.56 Å². The van der Waals surface area contributed by atoms with E-state index in [0.717, 1.165) is 12.1 Å². The molecular weight excluding hydrogens is 307 g/mol. The number of nitro groups is 1. The van der Waals surface area contributed by atoms with Gasteiger partial charge in [0, 0.05) is 11.4 Å². The van der Waals surface area contributed by atoms with E-state index < -0.39 is 26.5 Å². The minimum atomic E-state index is -4.00. The Morgan fingerprint density at radius 3 is 2.65 bits per heavy atom. The largest absolute Gasteiger partial charge is 0.306 e. The lowest BCUT2D eigenvalue weighted by molar-refractivity contribution is -0.387. The minimum Gasteiger partial charge on any atom is -0.279 e. The van der Waals surface area contributed by atoms with Gasteiger partial charge in [0.15, 0.2) is 0 Å². The van der Waals surface area contributed by atoms with Gasteiger partial charge in [-0.3, -0.25) is 14.8 Å². The summed E-state index contributed by atoms with van der Waals surface area (Å²) in [5.41, 5.74) is -0.432. The molecule has 0 unspecified atom stereocenters. The second kappa shape index (κ2) is 5.17. The number of halogens is 1. The average molecular weight is 316 g/mol. The molecule has 0 bridgehead atoms. The summed E-state index contributed by atoms with van der Waals surface area (Å²) in [6, 6.07) is 3.11. The predicted molar refractivity (Wildman–Crippen MR) is 72.9 cm³/mol. The standard InChI is InChI=1S/C11H9FN2O4S2/c1-7-4-9(12)10(14(15)16)5-11(7)20(17,18)13-8-2-3-19-6-8/h2-6,13H,1H3. The molecule has 0 atom stereocenters. The first kappa shape index (κ1) is 14.4. The van der Waals surface area contributed by atoms with Gasteiger partial charge in [-0.1, -0.05) is 0 Å². The third-order valence-electron chi connectivity index (χ3n) is 2.50. The number of nitrogens with zero attached hydrogens (tertiary/aromatic N) is 1. The van der Waals surface area contributed by atoms with Crippen molar-refractivity contribution in [1.29, 1.82) is 0 Å². The monoisotopic (exact) mass is 316 g/mol. The summed E-state index contributed by atoms with van der Waals surface area (Å²) in [5.74, 6) is -1.07. The number of sulfonamides is 1. The maximum atomic E-state index is 13.4. The zero-order chi connectivity index (χ0) is 14.9. The Hall–Kier alpha value is -2.00. The molecule has 2 rings (SSSR count). The summed E-state index contributed by atoms with van der Waals surface area (Å²) in [7, 11) is -4.00. The van der Waals surface area contributed by atoms with Crippen LogP contribution in [-0.4, -0.2) is 13.3 Å². The van der Waals surface area contributed by atoms with E-state index in [-0.39, 0.29) is 10.5 Å². The van der Waals surface area contributed by atoms with Gasteiger partial charge >= 0.3 is 5.69 Å². The van der Waals surface area contributed by atoms with E-state index in [1.54, 1.807) is 16.8 Å². The Morgan fingerprint density at radius 2 is 2.10 bits per heavy atom. The zero-order valence-electron chi connectivity index (χ0n) is 10.2. The third-order valence-corrected chi connectivity index (χ3v) is 4.71. The lowest BCUT2D eigenvalue weighted by Crippen LogP contribution is -2.14. The summed E-state index contributed by atoms with van der Waals surface area (Å²) in [6.07, 6.45) is 0. The first-order chi connectivity index (χ1) is 9.31. The van der Waals surface area contributed by atoms with Crippen LogP contribution in [0.2, 0.25) is 0 Å². The lowest BCUT2D eigenvalue weighted by Gasteiger charge is -2.09. The smallest absolute Gasteiger partial charge is 0.279 e. The van der Waals surface area contributed by atoms with Crippen LogP contribution in [0.3, 0.4) is 0 Å². The Kier molecular flexibility index (Phi) is 3.73. The van der Waals surface area contributed by atoms with Crippen molar-refractivity contribution in [3.63, 3.8) is 0 Å². The van der Waals surface area contributed by atoms with Crippen LogP contribution >= 0.6 is 11.3 Å². The maximum Gasteiger partial charge on any atom is 0.306 e. The van der Waals surface area contributed by atoms with Gasteiger partial charge in [0.2, 0.25) is 5.82 Å². The quantitative estimate of drug-likeness (QED) is 0.693. The average Bonchev–Trinajstić information content (AvgIpc) is 2.79. The van der Waals surface area contributed by atoms with E-state index in [2.05, 4.69) is 4.72 Å². The molecule has 0 aliphatic carbocycles. The van der Waals surface area contributed by atoms with Crippen LogP contribution in [0.25, 0.3) is 0 Å². The number of nitrogens with one attached hydrogen (secondary N) is 1. The number of benzene rings is 1. The molecule has 1 aromatic carbocycles. The van der Waals surface area contributed by atoms with Gasteiger partial charge in [-0.2, -0.15) is 15.7 Å². The van der Waals surface area contributed by atoms with E-state index in [1.165, 1.54) is 18.3 Å². The molecular formula is C11H9FN2O4S2. The Morgan fingerprint density at radius 1 is 1.40 bits per heavy atom. The molecule has 0 aliphatic rings. The molecule has 0 aliphatic heterocycles. The molecule has 0 saturated heterocycles. The van der Waals surface area contributed by atoms with Gasteiger partial charge in [0.05, 0.1) is 15.5 Å². The van der Waals surface area contributed by atoms with Gasteiger partial charge in [0.25, 0.3) is 10.0 Å². The van der Waals surface area contributed by atoms with Crippen LogP contribution < -0.4 is 4.72 Å². The van der Waals surface area contributed by atoms with E-state index in [9.17, 15) is 22.9 Å². The van der Waals surface area contributed by atoms with Crippen molar-refractivity contribution in [2.75, 3.05) is 4.72 Å². The number of hydrogen-bond acceptors (Lipinski definition) is 5.